The Balaban J connectivity index is 3.63. The van der Waals surface area contributed by atoms with Crippen LogP contribution in [0.5, 0.6) is 0 Å². The van der Waals surface area contributed by atoms with Crippen LogP contribution in [-0.2, 0) is 14.3 Å². The van der Waals surface area contributed by atoms with E-state index in [-0.39, 0.29) is 5.92 Å². The monoisotopic (exact) mass is 285 g/mol. The van der Waals surface area contributed by atoms with Gasteiger partial charge in [-0.05, 0) is 0 Å². The molecule has 0 aliphatic rings. The minimum Gasteiger partial charge on any atom is -0.428 e. The lowest BCUT2D eigenvalue weighted by Crippen LogP contribution is -2.32. The molecule has 0 heterocycles. The fourth-order valence-electron chi connectivity index (χ4n) is 0.795. The number of ether oxygens (including phenoxy) is 2. The van der Waals surface area contributed by atoms with E-state index < -0.39 is 46.1 Å². The van der Waals surface area contributed by atoms with E-state index in [2.05, 4.69) is 14.8 Å². The van der Waals surface area contributed by atoms with E-state index in [1.807, 2.05) is 0 Å². The molecule has 0 aromatic rings. The Bertz CT molecular complexity index is 276. The minimum absolute atomic E-state index is 0.333. The van der Waals surface area contributed by atoms with Crippen LogP contribution in [0.4, 0.5) is 9.18 Å². The van der Waals surface area contributed by atoms with Crippen LogP contribution in [-0.4, -0.2) is 47.5 Å². The summed E-state index contributed by atoms with van der Waals surface area (Å²) in [7, 11) is -2.33. The summed E-state index contributed by atoms with van der Waals surface area (Å²) in [6.07, 6.45) is -2.97. The van der Waals surface area contributed by atoms with Gasteiger partial charge in [0, 0.05) is 0 Å². The summed E-state index contributed by atoms with van der Waals surface area (Å²) in [5.41, 5.74) is 0. The summed E-state index contributed by atoms with van der Waals surface area (Å²) < 4.78 is 21.9. The molecule has 3 N–H and O–H groups in total. The molecule has 106 valence electrons. The third-order valence-electron chi connectivity index (χ3n) is 1.69. The number of esters is 1. The molecule has 0 spiro atoms. The normalized spacial score (nSPS) is 12.4. The van der Waals surface area contributed by atoms with Gasteiger partial charge in [-0.2, -0.15) is 0 Å². The molecule has 0 unspecified atom stereocenters. The number of hydrogen-bond donors (Lipinski definition) is 3. The van der Waals surface area contributed by atoms with Gasteiger partial charge in [0.1, 0.15) is 6.17 Å². The number of halogens is 1. The number of nitrogens with one attached hydrogen (secondary N) is 1. The molecule has 0 aromatic heterocycles. The second-order valence-electron chi connectivity index (χ2n) is 3.70. The van der Waals surface area contributed by atoms with E-state index in [4.69, 9.17) is 9.79 Å². The van der Waals surface area contributed by atoms with Crippen molar-refractivity contribution >= 4 is 20.4 Å². The van der Waals surface area contributed by atoms with Crippen LogP contribution in [0.3, 0.4) is 0 Å². The van der Waals surface area contributed by atoms with E-state index >= 15 is 0 Å². The van der Waals surface area contributed by atoms with Gasteiger partial charge in [-0.25, -0.2) is 9.18 Å². The lowest BCUT2D eigenvalue weighted by atomic mass is 10.2. The standard InChI is InChI=1S/C9H17FNO6P/c1-6(2)8(12)16-5-17-9(13)11-3-7(10)4-18(14)15/h6-7,14-15H,3-5H2,1-2H3,(H,11,13)/t7-/m1/s1. The second-order valence-corrected chi connectivity index (χ2v) is 4.81. The molecular formula is C9H17FNO6P. The molecule has 18 heavy (non-hydrogen) atoms. The summed E-state index contributed by atoms with van der Waals surface area (Å²) in [6, 6.07) is 0. The van der Waals surface area contributed by atoms with E-state index in [9.17, 15) is 14.0 Å². The predicted molar refractivity (Wildman–Crippen MR) is 61.4 cm³/mol. The lowest BCUT2D eigenvalue weighted by molar-refractivity contribution is -0.155. The summed E-state index contributed by atoms with van der Waals surface area (Å²) in [6.45, 7) is 2.29. The van der Waals surface area contributed by atoms with Crippen molar-refractivity contribution in [1.82, 2.24) is 5.32 Å². The molecule has 0 aliphatic heterocycles. The fraction of sp³-hybridized carbons (Fsp3) is 0.778. The van der Waals surface area contributed by atoms with Crippen LogP contribution in [0.2, 0.25) is 0 Å². The van der Waals surface area contributed by atoms with Crippen LogP contribution >= 0.6 is 8.38 Å². The van der Waals surface area contributed by atoms with Gasteiger partial charge in [-0.15, -0.1) is 0 Å². The first kappa shape index (κ1) is 17.0. The number of rotatable bonds is 7. The first-order chi connectivity index (χ1) is 8.32. The highest BCUT2D eigenvalue weighted by atomic mass is 31.2. The van der Waals surface area contributed by atoms with Gasteiger partial charge < -0.3 is 24.6 Å². The first-order valence-corrected chi connectivity index (χ1v) is 6.62. The van der Waals surface area contributed by atoms with Gasteiger partial charge in [-0.1, -0.05) is 13.8 Å². The van der Waals surface area contributed by atoms with E-state index in [0.717, 1.165) is 0 Å². The lowest BCUT2D eigenvalue weighted by Gasteiger charge is -2.11. The van der Waals surface area contributed by atoms with Crippen LogP contribution in [0.15, 0.2) is 0 Å². The Labute approximate surface area is 105 Å². The minimum atomic E-state index is -2.33. The number of carbonyl (C=O) groups is 2. The summed E-state index contributed by atoms with van der Waals surface area (Å²) in [5.74, 6) is -0.849. The van der Waals surface area contributed by atoms with Crippen molar-refractivity contribution in [3.63, 3.8) is 0 Å². The Morgan fingerprint density at radius 2 is 1.94 bits per heavy atom. The van der Waals surface area contributed by atoms with Crippen molar-refractivity contribution in [2.24, 2.45) is 5.92 Å². The number of carbonyl (C=O) groups excluding carboxylic acids is 2. The average molecular weight is 285 g/mol. The average Bonchev–Trinajstić information content (AvgIpc) is 2.25. The zero-order chi connectivity index (χ0) is 14.1. The molecule has 0 rings (SSSR count). The zero-order valence-corrected chi connectivity index (χ0v) is 11.0. The van der Waals surface area contributed by atoms with Gasteiger partial charge in [-0.3, -0.25) is 4.79 Å². The van der Waals surface area contributed by atoms with Crippen LogP contribution in [0, 0.1) is 5.92 Å². The molecule has 9 heteroatoms. The highest BCUT2D eigenvalue weighted by Crippen LogP contribution is 2.24. The van der Waals surface area contributed by atoms with E-state index in [0.29, 0.717) is 0 Å². The van der Waals surface area contributed by atoms with Crippen molar-refractivity contribution in [2.75, 3.05) is 19.5 Å². The molecule has 0 saturated heterocycles. The van der Waals surface area contributed by atoms with Crippen molar-refractivity contribution in [3.8, 4) is 0 Å². The molecule has 1 amide bonds. The van der Waals surface area contributed by atoms with E-state index in [1.165, 1.54) is 0 Å². The van der Waals surface area contributed by atoms with Crippen LogP contribution in [0.25, 0.3) is 0 Å². The molecule has 0 fully saturated rings. The van der Waals surface area contributed by atoms with Gasteiger partial charge in [0.15, 0.2) is 8.38 Å². The maximum absolute atomic E-state index is 12.9. The fourth-order valence-corrected chi connectivity index (χ4v) is 1.28. The van der Waals surface area contributed by atoms with Crippen LogP contribution < -0.4 is 5.32 Å². The zero-order valence-electron chi connectivity index (χ0n) is 10.1. The molecule has 7 nitrogen and oxygen atoms in total. The summed E-state index contributed by atoms with van der Waals surface area (Å²) >= 11 is 0. The number of alkyl carbamates (subject to hydrolysis) is 1. The summed E-state index contributed by atoms with van der Waals surface area (Å²) in [4.78, 5) is 39.0. The quantitative estimate of drug-likeness (QED) is 0.357. The van der Waals surface area contributed by atoms with Crippen molar-refractivity contribution in [1.29, 1.82) is 0 Å². The van der Waals surface area contributed by atoms with Crippen molar-refractivity contribution < 1.29 is 33.2 Å². The molecule has 1 atom stereocenters. The molecule has 0 aromatic carbocycles. The van der Waals surface area contributed by atoms with Gasteiger partial charge in [0.2, 0.25) is 6.79 Å². The highest BCUT2D eigenvalue weighted by molar-refractivity contribution is 7.45. The summed E-state index contributed by atoms with van der Waals surface area (Å²) in [5, 5.41) is 2.05. The second kappa shape index (κ2) is 9.02. The Morgan fingerprint density at radius 1 is 1.33 bits per heavy atom. The van der Waals surface area contributed by atoms with E-state index in [1.54, 1.807) is 13.8 Å². The van der Waals surface area contributed by atoms with Crippen molar-refractivity contribution in [2.45, 2.75) is 20.0 Å². The molecule has 0 bridgehead atoms. The van der Waals surface area contributed by atoms with Crippen LogP contribution in [0.1, 0.15) is 13.8 Å². The van der Waals surface area contributed by atoms with Gasteiger partial charge in [0.25, 0.3) is 0 Å². The molecule has 0 radical (unpaired) electrons. The Morgan fingerprint density at radius 3 is 2.44 bits per heavy atom. The molecular weight excluding hydrogens is 268 g/mol. The Kier molecular flexibility index (Phi) is 8.53. The number of hydrogen-bond acceptors (Lipinski definition) is 6. The SMILES string of the molecule is CC(C)C(=O)OCOC(=O)NC[C@@H](F)CP(O)O. The maximum atomic E-state index is 12.9. The molecule has 0 saturated carbocycles. The topological polar surface area (TPSA) is 105 Å². The number of alkyl halides is 1. The van der Waals surface area contributed by atoms with Gasteiger partial charge >= 0.3 is 12.1 Å². The third-order valence-corrected chi connectivity index (χ3v) is 2.41. The third kappa shape index (κ3) is 9.09. The van der Waals surface area contributed by atoms with Gasteiger partial charge in [0.05, 0.1) is 18.6 Å². The molecule has 0 aliphatic carbocycles. The maximum Gasteiger partial charge on any atom is 0.410 e. The Hall–Kier alpha value is -0.980. The highest BCUT2D eigenvalue weighted by Gasteiger charge is 2.14. The smallest absolute Gasteiger partial charge is 0.410 e. The van der Waals surface area contributed by atoms with Crippen molar-refractivity contribution in [3.05, 3.63) is 0 Å². The number of amides is 1. The largest absolute Gasteiger partial charge is 0.428 e. The first-order valence-electron chi connectivity index (χ1n) is 5.19. The predicted octanol–water partition coefficient (Wildman–Crippen LogP) is 0.504.